The molecule has 1 aliphatic carbocycles. The van der Waals surface area contributed by atoms with E-state index in [4.69, 9.17) is 0 Å². The number of rotatable bonds is 4. The van der Waals surface area contributed by atoms with E-state index in [9.17, 15) is 9.90 Å². The van der Waals surface area contributed by atoms with Crippen molar-refractivity contribution in [2.75, 3.05) is 5.75 Å². The fourth-order valence-corrected chi connectivity index (χ4v) is 3.65. The zero-order chi connectivity index (χ0) is 15.4. The first-order chi connectivity index (χ1) is 10.7. The Bertz CT molecular complexity index is 650. The largest absolute Gasteiger partial charge is 0.393 e. The molecule has 4 heteroatoms. The Morgan fingerprint density at radius 3 is 2.59 bits per heavy atom. The average Bonchev–Trinajstić information content (AvgIpc) is 2.55. The van der Waals surface area contributed by atoms with Crippen molar-refractivity contribution in [3.05, 3.63) is 42.5 Å². The lowest BCUT2D eigenvalue weighted by Gasteiger charge is -2.26. The van der Waals surface area contributed by atoms with E-state index in [0.29, 0.717) is 5.75 Å². The molecule has 0 atom stereocenters. The summed E-state index contributed by atoms with van der Waals surface area (Å²) in [6.45, 7) is 0. The second-order valence-electron chi connectivity index (χ2n) is 5.87. The third-order valence-corrected chi connectivity index (χ3v) is 5.15. The molecule has 0 spiro atoms. The molecule has 22 heavy (non-hydrogen) atoms. The molecule has 1 fully saturated rings. The van der Waals surface area contributed by atoms with Gasteiger partial charge in [0.1, 0.15) is 0 Å². The number of aliphatic hydroxyl groups excluding tert-OH is 1. The van der Waals surface area contributed by atoms with Crippen molar-refractivity contribution in [1.82, 2.24) is 5.32 Å². The summed E-state index contributed by atoms with van der Waals surface area (Å²) in [5.74, 6) is 0.525. The van der Waals surface area contributed by atoms with Crippen LogP contribution in [0.2, 0.25) is 0 Å². The van der Waals surface area contributed by atoms with Gasteiger partial charge >= 0.3 is 0 Å². The van der Waals surface area contributed by atoms with Crippen LogP contribution in [-0.2, 0) is 4.79 Å². The maximum absolute atomic E-state index is 12.0. The van der Waals surface area contributed by atoms with Crippen LogP contribution >= 0.6 is 11.8 Å². The number of nitrogens with one attached hydrogen (secondary N) is 1. The zero-order valence-electron chi connectivity index (χ0n) is 12.5. The third kappa shape index (κ3) is 4.02. The maximum atomic E-state index is 12.0. The van der Waals surface area contributed by atoms with Gasteiger partial charge in [-0.05, 0) is 48.6 Å². The molecule has 0 aliphatic heterocycles. The summed E-state index contributed by atoms with van der Waals surface area (Å²) in [5.41, 5.74) is 0. The first kappa shape index (κ1) is 15.4. The van der Waals surface area contributed by atoms with Gasteiger partial charge in [0.2, 0.25) is 5.91 Å². The van der Waals surface area contributed by atoms with Crippen molar-refractivity contribution in [3.8, 4) is 0 Å². The highest BCUT2D eigenvalue weighted by molar-refractivity contribution is 8.00. The Morgan fingerprint density at radius 2 is 1.82 bits per heavy atom. The van der Waals surface area contributed by atoms with E-state index < -0.39 is 0 Å². The predicted octanol–water partition coefficient (Wildman–Crippen LogP) is 3.35. The summed E-state index contributed by atoms with van der Waals surface area (Å²) >= 11 is 1.57. The van der Waals surface area contributed by atoms with Crippen molar-refractivity contribution in [2.24, 2.45) is 0 Å². The molecule has 1 saturated carbocycles. The monoisotopic (exact) mass is 315 g/mol. The van der Waals surface area contributed by atoms with Gasteiger partial charge in [-0.25, -0.2) is 0 Å². The van der Waals surface area contributed by atoms with E-state index in [1.54, 1.807) is 11.8 Å². The van der Waals surface area contributed by atoms with Crippen molar-refractivity contribution in [1.29, 1.82) is 0 Å². The van der Waals surface area contributed by atoms with E-state index in [-0.39, 0.29) is 18.1 Å². The third-order valence-electron chi connectivity index (χ3n) is 4.15. The highest BCUT2D eigenvalue weighted by Gasteiger charge is 2.20. The zero-order valence-corrected chi connectivity index (χ0v) is 13.3. The van der Waals surface area contributed by atoms with Crippen molar-refractivity contribution in [3.63, 3.8) is 0 Å². The molecule has 2 N–H and O–H groups in total. The van der Waals surface area contributed by atoms with Gasteiger partial charge in [-0.1, -0.05) is 30.3 Å². The highest BCUT2D eigenvalue weighted by atomic mass is 32.2. The van der Waals surface area contributed by atoms with E-state index >= 15 is 0 Å². The minimum absolute atomic E-state index is 0.0829. The van der Waals surface area contributed by atoms with Gasteiger partial charge in [-0.3, -0.25) is 4.79 Å². The first-order valence-electron chi connectivity index (χ1n) is 7.80. The summed E-state index contributed by atoms with van der Waals surface area (Å²) < 4.78 is 0. The number of hydrogen-bond donors (Lipinski definition) is 2. The minimum Gasteiger partial charge on any atom is -0.393 e. The second-order valence-corrected chi connectivity index (χ2v) is 6.92. The molecule has 116 valence electrons. The molecule has 0 radical (unpaired) electrons. The fourth-order valence-electron chi connectivity index (χ4n) is 2.90. The minimum atomic E-state index is -0.180. The number of carbonyl (C=O) groups is 1. The van der Waals surface area contributed by atoms with Crippen molar-refractivity contribution < 1.29 is 9.90 Å². The standard InChI is InChI=1S/C18H21NO2S/c20-16-8-6-15(7-9-16)19-18(21)12-22-17-10-5-13-3-1-2-4-14(13)11-17/h1-5,10-11,15-16,20H,6-9,12H2,(H,19,21). The molecule has 1 amide bonds. The molecule has 2 aromatic rings. The van der Waals surface area contributed by atoms with Crippen LogP contribution in [0.5, 0.6) is 0 Å². The lowest BCUT2D eigenvalue weighted by Crippen LogP contribution is -2.39. The van der Waals surface area contributed by atoms with Crippen LogP contribution in [0.3, 0.4) is 0 Å². The number of amides is 1. The fraction of sp³-hybridized carbons (Fsp3) is 0.389. The van der Waals surface area contributed by atoms with Crippen LogP contribution in [0.15, 0.2) is 47.4 Å². The lowest BCUT2D eigenvalue weighted by molar-refractivity contribution is -0.119. The summed E-state index contributed by atoms with van der Waals surface area (Å²) in [4.78, 5) is 13.2. The molecule has 0 unspecified atom stereocenters. The Kier molecular flexibility index (Phi) is 5.01. The maximum Gasteiger partial charge on any atom is 0.230 e. The Hall–Kier alpha value is -1.52. The smallest absolute Gasteiger partial charge is 0.230 e. The molecular weight excluding hydrogens is 294 g/mol. The molecule has 0 bridgehead atoms. The molecule has 1 aliphatic rings. The molecule has 3 nitrogen and oxygen atoms in total. The summed E-state index contributed by atoms with van der Waals surface area (Å²) in [5, 5.41) is 15.0. The summed E-state index contributed by atoms with van der Waals surface area (Å²) in [6, 6.07) is 14.8. The number of thioether (sulfide) groups is 1. The number of fused-ring (bicyclic) bond motifs is 1. The first-order valence-corrected chi connectivity index (χ1v) is 8.78. The molecule has 0 heterocycles. The molecular formula is C18H21NO2S. The predicted molar refractivity (Wildman–Crippen MR) is 91.1 cm³/mol. The van der Waals surface area contributed by atoms with Crippen LogP contribution in [0.25, 0.3) is 10.8 Å². The number of aliphatic hydroxyl groups is 1. The van der Waals surface area contributed by atoms with E-state index in [0.717, 1.165) is 30.6 Å². The highest BCUT2D eigenvalue weighted by Crippen LogP contribution is 2.24. The summed E-state index contributed by atoms with van der Waals surface area (Å²) in [6.07, 6.45) is 3.17. The van der Waals surface area contributed by atoms with Crippen molar-refractivity contribution >= 4 is 28.4 Å². The Morgan fingerprint density at radius 1 is 1.09 bits per heavy atom. The molecule has 3 rings (SSSR count). The van der Waals surface area contributed by atoms with Crippen LogP contribution < -0.4 is 5.32 Å². The van der Waals surface area contributed by atoms with Gasteiger partial charge in [0.15, 0.2) is 0 Å². The van der Waals surface area contributed by atoms with Gasteiger partial charge in [0, 0.05) is 10.9 Å². The number of benzene rings is 2. The molecule has 0 aromatic heterocycles. The van der Waals surface area contributed by atoms with Gasteiger partial charge in [0.05, 0.1) is 11.9 Å². The van der Waals surface area contributed by atoms with Gasteiger partial charge < -0.3 is 10.4 Å². The molecule has 0 saturated heterocycles. The van der Waals surface area contributed by atoms with Crippen LogP contribution in [-0.4, -0.2) is 28.9 Å². The number of carbonyl (C=O) groups excluding carboxylic acids is 1. The van der Waals surface area contributed by atoms with Crippen molar-refractivity contribution in [2.45, 2.75) is 42.7 Å². The molecule has 2 aromatic carbocycles. The quantitative estimate of drug-likeness (QED) is 0.851. The van der Waals surface area contributed by atoms with E-state index in [2.05, 4.69) is 35.6 Å². The van der Waals surface area contributed by atoms with Gasteiger partial charge in [0.25, 0.3) is 0 Å². The normalized spacial score (nSPS) is 21.7. The van der Waals surface area contributed by atoms with Gasteiger partial charge in [-0.15, -0.1) is 11.8 Å². The van der Waals surface area contributed by atoms with E-state index in [1.165, 1.54) is 10.8 Å². The lowest BCUT2D eigenvalue weighted by atomic mass is 9.93. The summed E-state index contributed by atoms with van der Waals surface area (Å²) in [7, 11) is 0. The number of hydrogen-bond acceptors (Lipinski definition) is 3. The topological polar surface area (TPSA) is 49.3 Å². The van der Waals surface area contributed by atoms with Gasteiger partial charge in [-0.2, -0.15) is 0 Å². The Labute approximate surface area is 135 Å². The van der Waals surface area contributed by atoms with Crippen LogP contribution in [0, 0.1) is 0 Å². The van der Waals surface area contributed by atoms with Crippen LogP contribution in [0.4, 0.5) is 0 Å². The SMILES string of the molecule is O=C(CSc1ccc2ccccc2c1)NC1CCC(O)CC1. The van der Waals surface area contributed by atoms with E-state index in [1.807, 2.05) is 12.1 Å². The van der Waals surface area contributed by atoms with Crippen LogP contribution in [0.1, 0.15) is 25.7 Å². The average molecular weight is 315 g/mol. The second kappa shape index (κ2) is 7.16. The Balaban J connectivity index is 1.51.